The molecule has 3 aromatic rings. The van der Waals surface area contributed by atoms with Crippen LogP contribution < -0.4 is 10.6 Å². The quantitative estimate of drug-likeness (QED) is 0.595. The van der Waals surface area contributed by atoms with Crippen LogP contribution in [0.3, 0.4) is 0 Å². The van der Waals surface area contributed by atoms with E-state index < -0.39 is 0 Å². The fourth-order valence-corrected chi connectivity index (χ4v) is 3.14. The number of hydrogen-bond donors (Lipinski definition) is 2. The third-order valence-electron chi connectivity index (χ3n) is 4.95. The second-order valence-electron chi connectivity index (χ2n) is 7.37. The van der Waals surface area contributed by atoms with Gasteiger partial charge in [0.25, 0.3) is 0 Å². The van der Waals surface area contributed by atoms with Crippen LogP contribution in [0.5, 0.6) is 0 Å². The van der Waals surface area contributed by atoms with Crippen LogP contribution in [0.25, 0.3) is 11.3 Å². The van der Waals surface area contributed by atoms with Gasteiger partial charge in [-0.25, -0.2) is 0 Å². The number of carbonyl (C=O) groups is 2. The number of nitrogens with one attached hydrogen (secondary N) is 2. The van der Waals surface area contributed by atoms with E-state index in [-0.39, 0.29) is 17.7 Å². The summed E-state index contributed by atoms with van der Waals surface area (Å²) in [5, 5.41) is 5.86. The summed E-state index contributed by atoms with van der Waals surface area (Å²) < 4.78 is 5.84. The molecule has 29 heavy (non-hydrogen) atoms. The third-order valence-corrected chi connectivity index (χ3v) is 4.95. The molecule has 148 valence electrons. The normalized spacial score (nSPS) is 13.1. The van der Waals surface area contributed by atoms with Gasteiger partial charge < -0.3 is 15.1 Å². The maximum Gasteiger partial charge on any atom is 0.227 e. The van der Waals surface area contributed by atoms with E-state index in [1.807, 2.05) is 66.7 Å². The highest BCUT2D eigenvalue weighted by Gasteiger charge is 2.29. The molecule has 2 aromatic carbocycles. The van der Waals surface area contributed by atoms with Gasteiger partial charge in [0.1, 0.15) is 11.5 Å². The van der Waals surface area contributed by atoms with E-state index in [4.69, 9.17) is 4.42 Å². The molecule has 0 bridgehead atoms. The highest BCUT2D eigenvalue weighted by Crippen LogP contribution is 2.30. The van der Waals surface area contributed by atoms with Crippen molar-refractivity contribution >= 4 is 17.5 Å². The lowest BCUT2D eigenvalue weighted by atomic mass is 10.2. The fraction of sp³-hybridized carbons (Fsp3) is 0.250. The smallest absolute Gasteiger partial charge is 0.227 e. The molecule has 1 saturated carbocycles. The monoisotopic (exact) mass is 388 g/mol. The molecule has 4 rings (SSSR count). The number of benzene rings is 2. The molecule has 1 aromatic heterocycles. The van der Waals surface area contributed by atoms with Crippen LogP contribution in [-0.2, 0) is 22.6 Å². The summed E-state index contributed by atoms with van der Waals surface area (Å²) in [5.74, 6) is 1.83. The van der Waals surface area contributed by atoms with Gasteiger partial charge in [-0.1, -0.05) is 42.5 Å². The van der Waals surface area contributed by atoms with Crippen LogP contribution in [0.15, 0.2) is 71.1 Å². The molecule has 1 aliphatic carbocycles. The van der Waals surface area contributed by atoms with Crippen LogP contribution >= 0.6 is 0 Å². The summed E-state index contributed by atoms with van der Waals surface area (Å²) in [4.78, 5) is 24.1. The van der Waals surface area contributed by atoms with Crippen molar-refractivity contribution in [1.29, 1.82) is 0 Å². The first-order chi connectivity index (χ1) is 14.2. The number of anilines is 1. The molecular formula is C24H24N2O3. The number of carbonyl (C=O) groups excluding carboxylic acids is 2. The van der Waals surface area contributed by atoms with Crippen molar-refractivity contribution in [2.24, 2.45) is 5.92 Å². The first-order valence-corrected chi connectivity index (χ1v) is 9.98. The summed E-state index contributed by atoms with van der Waals surface area (Å²) in [6.45, 7) is 0.430. The second-order valence-corrected chi connectivity index (χ2v) is 7.37. The summed E-state index contributed by atoms with van der Waals surface area (Å²) in [7, 11) is 0. The zero-order chi connectivity index (χ0) is 20.1. The molecule has 0 aliphatic heterocycles. The first kappa shape index (κ1) is 19.0. The van der Waals surface area contributed by atoms with Crippen molar-refractivity contribution in [1.82, 2.24) is 5.32 Å². The Balaban J connectivity index is 1.24. The third kappa shape index (κ3) is 5.35. The summed E-state index contributed by atoms with van der Waals surface area (Å²) >= 11 is 0. The van der Waals surface area contributed by atoms with Crippen molar-refractivity contribution in [3.8, 4) is 11.3 Å². The van der Waals surface area contributed by atoms with Gasteiger partial charge in [-0.05, 0) is 42.7 Å². The van der Waals surface area contributed by atoms with Gasteiger partial charge in [-0.3, -0.25) is 9.59 Å². The molecule has 2 N–H and O–H groups in total. The molecule has 1 heterocycles. The van der Waals surface area contributed by atoms with Crippen LogP contribution in [0.1, 0.15) is 30.6 Å². The van der Waals surface area contributed by atoms with E-state index in [1.54, 1.807) is 0 Å². The molecule has 0 atom stereocenters. The van der Waals surface area contributed by atoms with Crippen molar-refractivity contribution in [3.05, 3.63) is 78.1 Å². The van der Waals surface area contributed by atoms with Gasteiger partial charge in [-0.2, -0.15) is 0 Å². The van der Waals surface area contributed by atoms with Crippen molar-refractivity contribution in [3.63, 3.8) is 0 Å². The summed E-state index contributed by atoms with van der Waals surface area (Å²) in [5.41, 5.74) is 2.76. The van der Waals surface area contributed by atoms with Gasteiger partial charge in [0.15, 0.2) is 0 Å². The SMILES string of the molecule is O=C(CCc1ccc(-c2ccccc2)o1)NCc1cccc(NC(=O)C2CC2)c1. The topological polar surface area (TPSA) is 71.3 Å². The maximum absolute atomic E-state index is 12.2. The maximum atomic E-state index is 12.2. The molecule has 2 amide bonds. The van der Waals surface area contributed by atoms with Crippen molar-refractivity contribution in [2.75, 3.05) is 5.32 Å². The lowest BCUT2D eigenvalue weighted by Crippen LogP contribution is -2.23. The molecular weight excluding hydrogens is 364 g/mol. The Kier molecular flexibility index (Phi) is 5.75. The summed E-state index contributed by atoms with van der Waals surface area (Å²) in [6, 6.07) is 21.3. The lowest BCUT2D eigenvalue weighted by molar-refractivity contribution is -0.121. The Labute approximate surface area is 170 Å². The van der Waals surface area contributed by atoms with Gasteiger partial charge in [0.05, 0.1) is 0 Å². The molecule has 5 heteroatoms. The first-order valence-electron chi connectivity index (χ1n) is 9.98. The van der Waals surface area contributed by atoms with Crippen LogP contribution in [0.4, 0.5) is 5.69 Å². The second kappa shape index (κ2) is 8.78. The average molecular weight is 388 g/mol. The van der Waals surface area contributed by atoms with E-state index in [2.05, 4.69) is 10.6 Å². The largest absolute Gasteiger partial charge is 0.461 e. The molecule has 0 radical (unpaired) electrons. The molecule has 0 spiro atoms. The standard InChI is InChI=1S/C24H24N2O3/c27-23(14-12-21-11-13-22(29-21)18-6-2-1-3-7-18)25-16-17-5-4-8-20(15-17)26-24(28)19-9-10-19/h1-8,11,13,15,19H,9-10,12,14,16H2,(H,25,27)(H,26,28). The Bertz CT molecular complexity index is 990. The number of hydrogen-bond acceptors (Lipinski definition) is 3. The van der Waals surface area contributed by atoms with E-state index in [1.165, 1.54) is 0 Å². The zero-order valence-electron chi connectivity index (χ0n) is 16.2. The number of aryl methyl sites for hydroxylation is 1. The van der Waals surface area contributed by atoms with Crippen LogP contribution in [-0.4, -0.2) is 11.8 Å². The minimum absolute atomic E-state index is 0.0323. The predicted molar refractivity (Wildman–Crippen MR) is 112 cm³/mol. The molecule has 1 fully saturated rings. The lowest BCUT2D eigenvalue weighted by Gasteiger charge is -2.08. The fourth-order valence-electron chi connectivity index (χ4n) is 3.14. The Hall–Kier alpha value is -3.34. The number of furan rings is 1. The number of rotatable bonds is 8. The van der Waals surface area contributed by atoms with Crippen LogP contribution in [0.2, 0.25) is 0 Å². The molecule has 5 nitrogen and oxygen atoms in total. The highest BCUT2D eigenvalue weighted by atomic mass is 16.3. The predicted octanol–water partition coefficient (Wildman–Crippen LogP) is 4.54. The minimum atomic E-state index is -0.0323. The Morgan fingerprint density at radius 2 is 1.79 bits per heavy atom. The molecule has 0 saturated heterocycles. The van der Waals surface area contributed by atoms with Crippen LogP contribution in [0, 0.1) is 5.92 Å². The van der Waals surface area contributed by atoms with Gasteiger partial charge in [-0.15, -0.1) is 0 Å². The van der Waals surface area contributed by atoms with E-state index in [0.717, 1.165) is 41.2 Å². The van der Waals surface area contributed by atoms with Gasteiger partial charge in [0.2, 0.25) is 11.8 Å². The van der Waals surface area contributed by atoms with E-state index in [9.17, 15) is 9.59 Å². The van der Waals surface area contributed by atoms with Gasteiger partial charge in [0, 0.05) is 36.6 Å². The van der Waals surface area contributed by atoms with Gasteiger partial charge >= 0.3 is 0 Å². The molecule has 1 aliphatic rings. The van der Waals surface area contributed by atoms with Crippen molar-refractivity contribution < 1.29 is 14.0 Å². The van der Waals surface area contributed by atoms with E-state index in [0.29, 0.717) is 19.4 Å². The van der Waals surface area contributed by atoms with Crippen molar-refractivity contribution in [2.45, 2.75) is 32.2 Å². The average Bonchev–Trinajstić information content (AvgIpc) is 3.50. The highest BCUT2D eigenvalue weighted by molar-refractivity contribution is 5.94. The zero-order valence-corrected chi connectivity index (χ0v) is 16.2. The van der Waals surface area contributed by atoms with E-state index >= 15 is 0 Å². The number of amides is 2. The summed E-state index contributed by atoms with van der Waals surface area (Å²) in [6.07, 6.45) is 2.87. The Morgan fingerprint density at radius 1 is 0.966 bits per heavy atom. The Morgan fingerprint density at radius 3 is 2.59 bits per heavy atom. The molecule has 0 unspecified atom stereocenters. The minimum Gasteiger partial charge on any atom is -0.461 e.